The van der Waals surface area contributed by atoms with Gasteiger partial charge in [-0.25, -0.2) is 14.1 Å². The molecule has 3 fully saturated rings. The number of benzene rings is 3. The highest BCUT2D eigenvalue weighted by Crippen LogP contribution is 2.65. The smallest absolute Gasteiger partial charge is 0.335 e. The minimum atomic E-state index is -1.45. The van der Waals surface area contributed by atoms with Gasteiger partial charge in [0, 0.05) is 10.4 Å². The number of fused-ring (bicyclic) bond motifs is 4. The first-order valence-electron chi connectivity index (χ1n) is 15.2. The van der Waals surface area contributed by atoms with E-state index in [4.69, 9.17) is 16.3 Å². The molecule has 0 radical (unpaired) electrons. The van der Waals surface area contributed by atoms with E-state index in [-0.39, 0.29) is 50.8 Å². The van der Waals surface area contributed by atoms with Crippen LogP contribution >= 0.6 is 43.5 Å². The fraction of sp³-hybridized carbons (Fsp3) is 0.286. The maximum atomic E-state index is 14.7. The van der Waals surface area contributed by atoms with Crippen molar-refractivity contribution in [3.63, 3.8) is 0 Å². The zero-order valence-electron chi connectivity index (χ0n) is 25.7. The van der Waals surface area contributed by atoms with Gasteiger partial charge in [-0.05, 0) is 106 Å². The lowest BCUT2D eigenvalue weighted by Gasteiger charge is -2.49. The Morgan fingerprint density at radius 3 is 2.37 bits per heavy atom. The quantitative estimate of drug-likeness (QED) is 0.211. The third-order valence-electron chi connectivity index (χ3n) is 10.5. The number of halogens is 4. The molecule has 2 aliphatic carbocycles. The van der Waals surface area contributed by atoms with Crippen molar-refractivity contribution in [3.8, 4) is 11.5 Å². The number of hydrogen-bond acceptors (Lipinski definition) is 7. The standard InChI is InChI=1S/C35H26Br2ClFN2O8/c1-35-21(31(44)41(34(35)48)16-6-9-23(39)22(38)11-16)12-19-17(26(35)20-13-24(49-2)29(42)28(37)27(20)36)7-8-18-25(19)32(45)40(30(18)43)15-5-3-4-14(10-15)33(46)47/h3-7,9-11,13,18-19,21,25-26,42H,8,12H2,1-2H3,(H,46,47). The number of phenols is 1. The maximum Gasteiger partial charge on any atom is 0.335 e. The molecule has 0 aromatic heterocycles. The molecule has 10 nitrogen and oxygen atoms in total. The van der Waals surface area contributed by atoms with Crippen molar-refractivity contribution in [3.05, 3.63) is 91.1 Å². The number of carboxylic acid groups (broad SMARTS) is 1. The summed E-state index contributed by atoms with van der Waals surface area (Å²) < 4.78 is 20.3. The number of phenolic OH excluding ortho intramolecular Hbond substituents is 1. The van der Waals surface area contributed by atoms with Crippen LogP contribution in [0.25, 0.3) is 0 Å². The van der Waals surface area contributed by atoms with Crippen molar-refractivity contribution in [2.24, 2.45) is 29.1 Å². The van der Waals surface area contributed by atoms with Gasteiger partial charge in [0.1, 0.15) is 5.82 Å². The molecule has 2 saturated heterocycles. The van der Waals surface area contributed by atoms with E-state index in [1.807, 2.05) is 6.08 Å². The number of methoxy groups -OCH3 is 1. The van der Waals surface area contributed by atoms with Crippen molar-refractivity contribution >= 4 is 84.4 Å². The number of carboxylic acids is 1. The summed E-state index contributed by atoms with van der Waals surface area (Å²) >= 11 is 13.1. The first kappa shape index (κ1) is 33.4. The highest BCUT2D eigenvalue weighted by Gasteiger charge is 2.68. The predicted octanol–water partition coefficient (Wildman–Crippen LogP) is 6.85. The van der Waals surface area contributed by atoms with Crippen molar-refractivity contribution in [2.75, 3.05) is 16.9 Å². The summed E-state index contributed by atoms with van der Waals surface area (Å²) in [6, 6.07) is 10.7. The second-order valence-electron chi connectivity index (χ2n) is 12.8. The average molecular weight is 817 g/mol. The lowest BCUT2D eigenvalue weighted by atomic mass is 9.51. The summed E-state index contributed by atoms with van der Waals surface area (Å²) in [6.07, 6.45) is 2.06. The monoisotopic (exact) mass is 814 g/mol. The molecule has 6 atom stereocenters. The van der Waals surface area contributed by atoms with Gasteiger partial charge in [0.25, 0.3) is 0 Å². The second kappa shape index (κ2) is 11.8. The minimum absolute atomic E-state index is 0.0477. The number of carbonyl (C=O) groups is 5. The summed E-state index contributed by atoms with van der Waals surface area (Å²) in [6.45, 7) is 1.68. The zero-order valence-corrected chi connectivity index (χ0v) is 29.7. The largest absolute Gasteiger partial charge is 0.503 e. The van der Waals surface area contributed by atoms with E-state index < -0.39 is 70.4 Å². The third-order valence-corrected chi connectivity index (χ3v) is 12.9. The van der Waals surface area contributed by atoms with Gasteiger partial charge in [-0.2, -0.15) is 0 Å². The first-order valence-corrected chi connectivity index (χ1v) is 17.2. The van der Waals surface area contributed by atoms with Gasteiger partial charge in [-0.15, -0.1) is 0 Å². The van der Waals surface area contributed by atoms with Crippen molar-refractivity contribution in [1.82, 2.24) is 0 Å². The summed E-state index contributed by atoms with van der Waals surface area (Å²) in [5.74, 6) is -8.40. The van der Waals surface area contributed by atoms with Crippen LogP contribution in [0.15, 0.2) is 69.1 Å². The molecule has 2 heterocycles. The molecule has 252 valence electrons. The van der Waals surface area contributed by atoms with Gasteiger partial charge in [0.15, 0.2) is 11.5 Å². The van der Waals surface area contributed by atoms with Crippen molar-refractivity contribution in [1.29, 1.82) is 0 Å². The minimum Gasteiger partial charge on any atom is -0.503 e. The molecular formula is C35H26Br2ClFN2O8. The van der Waals surface area contributed by atoms with Crippen LogP contribution in [0.4, 0.5) is 15.8 Å². The molecule has 0 bridgehead atoms. The Kier molecular flexibility index (Phi) is 8.03. The summed E-state index contributed by atoms with van der Waals surface area (Å²) in [5.41, 5.74) is -0.157. The Hall–Kier alpha value is -4.07. The predicted molar refractivity (Wildman–Crippen MR) is 182 cm³/mol. The number of carbonyl (C=O) groups excluding carboxylic acids is 4. The Bertz CT molecular complexity index is 2070. The highest BCUT2D eigenvalue weighted by molar-refractivity contribution is 9.13. The molecule has 3 aromatic carbocycles. The number of aromatic hydroxyl groups is 1. The molecule has 14 heteroatoms. The van der Waals surface area contributed by atoms with Gasteiger partial charge in [0.2, 0.25) is 23.6 Å². The molecular weight excluding hydrogens is 791 g/mol. The number of amides is 4. The van der Waals surface area contributed by atoms with Crippen molar-refractivity contribution in [2.45, 2.75) is 25.7 Å². The molecule has 7 rings (SSSR count). The van der Waals surface area contributed by atoms with Crippen molar-refractivity contribution < 1.29 is 43.3 Å². The fourth-order valence-electron chi connectivity index (χ4n) is 8.24. The van der Waals surface area contributed by atoms with Gasteiger partial charge in [-0.1, -0.05) is 29.3 Å². The second-order valence-corrected chi connectivity index (χ2v) is 14.8. The van der Waals surface area contributed by atoms with Gasteiger partial charge < -0.3 is 14.9 Å². The normalized spacial score (nSPS) is 27.6. The first-order chi connectivity index (χ1) is 23.2. The number of aromatic carboxylic acids is 1. The molecule has 0 spiro atoms. The number of anilines is 2. The van der Waals surface area contributed by atoms with E-state index in [0.29, 0.717) is 15.6 Å². The highest BCUT2D eigenvalue weighted by atomic mass is 79.9. The topological polar surface area (TPSA) is 142 Å². The number of rotatable bonds is 5. The average Bonchev–Trinajstić information content (AvgIpc) is 3.45. The number of imide groups is 2. The maximum absolute atomic E-state index is 14.7. The molecule has 2 aliphatic heterocycles. The molecule has 49 heavy (non-hydrogen) atoms. The van der Waals surface area contributed by atoms with Crippen LogP contribution in [0.5, 0.6) is 11.5 Å². The van der Waals surface area contributed by atoms with Crippen LogP contribution < -0.4 is 14.5 Å². The fourth-order valence-corrected chi connectivity index (χ4v) is 9.37. The molecule has 4 aliphatic rings. The molecule has 2 N–H and O–H groups in total. The Morgan fingerprint density at radius 2 is 1.69 bits per heavy atom. The lowest BCUT2D eigenvalue weighted by Crippen LogP contribution is -2.49. The number of allylic oxidation sites excluding steroid dienone is 2. The van der Waals surface area contributed by atoms with Crippen LogP contribution in [-0.4, -0.2) is 46.9 Å². The number of ether oxygens (including phenoxy) is 1. The van der Waals surface area contributed by atoms with Crippen LogP contribution in [0.3, 0.4) is 0 Å². The van der Waals surface area contributed by atoms with E-state index in [1.54, 1.807) is 13.0 Å². The van der Waals surface area contributed by atoms with E-state index in [0.717, 1.165) is 15.9 Å². The molecule has 6 unspecified atom stereocenters. The summed E-state index contributed by atoms with van der Waals surface area (Å²) in [4.78, 5) is 71.0. The summed E-state index contributed by atoms with van der Waals surface area (Å²) in [7, 11) is 1.37. The Morgan fingerprint density at radius 1 is 0.980 bits per heavy atom. The van der Waals surface area contributed by atoms with E-state index in [9.17, 15) is 38.6 Å². The third kappa shape index (κ3) is 4.72. The number of hydrogen-bond donors (Lipinski definition) is 2. The van der Waals surface area contributed by atoms with Gasteiger partial charge >= 0.3 is 5.97 Å². The van der Waals surface area contributed by atoms with Crippen LogP contribution in [0.1, 0.15) is 41.6 Å². The van der Waals surface area contributed by atoms with Crippen LogP contribution in [0.2, 0.25) is 5.02 Å². The number of nitrogens with zero attached hydrogens (tertiary/aromatic N) is 2. The van der Waals surface area contributed by atoms with E-state index in [1.165, 1.54) is 43.5 Å². The van der Waals surface area contributed by atoms with Crippen LogP contribution in [0, 0.1) is 34.9 Å². The molecule has 4 amide bonds. The Balaban J connectivity index is 1.40. The zero-order chi connectivity index (χ0) is 35.3. The van der Waals surface area contributed by atoms with Gasteiger partial charge in [-0.3, -0.25) is 24.1 Å². The van der Waals surface area contributed by atoms with Gasteiger partial charge in [0.05, 0.1) is 56.7 Å². The molecule has 1 saturated carbocycles. The summed E-state index contributed by atoms with van der Waals surface area (Å²) in [5, 5.41) is 20.1. The molecule has 3 aromatic rings. The van der Waals surface area contributed by atoms with E-state index >= 15 is 0 Å². The van der Waals surface area contributed by atoms with E-state index in [2.05, 4.69) is 31.9 Å². The SMILES string of the molecule is COc1cc(C2C3=CCC4C(=O)N(c5cccc(C(=O)O)c5)C(=O)C4C3CC3C(=O)N(c4ccc(F)c(Cl)c4)C(=O)C32C)c(Br)c(Br)c1O. The van der Waals surface area contributed by atoms with Crippen LogP contribution in [-0.2, 0) is 19.2 Å². The lowest BCUT2D eigenvalue weighted by molar-refractivity contribution is -0.131. The Labute approximate surface area is 300 Å².